The predicted octanol–water partition coefficient (Wildman–Crippen LogP) is 0.0999. The van der Waals surface area contributed by atoms with E-state index in [0.717, 1.165) is 12.8 Å². The van der Waals surface area contributed by atoms with E-state index in [1.165, 1.54) is 36.5 Å². The molecule has 9 nitrogen and oxygen atoms in total. The van der Waals surface area contributed by atoms with E-state index in [1.54, 1.807) is 0 Å². The van der Waals surface area contributed by atoms with Crippen LogP contribution in [-0.2, 0) is 19.6 Å². The molecular formula is C17H25N3O6S. The lowest BCUT2D eigenvalue weighted by atomic mass is 10.2. The molecule has 0 saturated carbocycles. The summed E-state index contributed by atoms with van der Waals surface area (Å²) in [6, 6.07) is 3.90. The van der Waals surface area contributed by atoms with Gasteiger partial charge < -0.3 is 20.5 Å². The first-order chi connectivity index (χ1) is 12.8. The van der Waals surface area contributed by atoms with Gasteiger partial charge in [-0.25, -0.2) is 8.42 Å². The minimum atomic E-state index is -3.69. The number of nitrogens with zero attached hydrogens (tertiary/aromatic N) is 1. The van der Waals surface area contributed by atoms with E-state index in [-0.39, 0.29) is 16.2 Å². The van der Waals surface area contributed by atoms with Gasteiger partial charge in [-0.2, -0.15) is 4.31 Å². The number of ether oxygens (including phenoxy) is 2. The Balaban J connectivity index is 2.20. The Hall–Kier alpha value is -2.17. The van der Waals surface area contributed by atoms with Gasteiger partial charge in [0.25, 0.3) is 11.8 Å². The van der Waals surface area contributed by atoms with Crippen molar-refractivity contribution in [3.63, 3.8) is 0 Å². The molecule has 1 aromatic carbocycles. The number of carbonyl (C=O) groups excluding carboxylic acids is 2. The minimum Gasteiger partial charge on any atom is -0.480 e. The molecule has 0 spiro atoms. The van der Waals surface area contributed by atoms with Gasteiger partial charge in [-0.05, 0) is 38.0 Å². The van der Waals surface area contributed by atoms with Crippen LogP contribution in [0.5, 0.6) is 5.75 Å². The molecule has 1 heterocycles. The predicted molar refractivity (Wildman–Crippen MR) is 97.9 cm³/mol. The number of rotatable bonds is 9. The Morgan fingerprint density at radius 3 is 2.56 bits per heavy atom. The van der Waals surface area contributed by atoms with Crippen molar-refractivity contribution >= 4 is 21.8 Å². The van der Waals surface area contributed by atoms with Gasteiger partial charge in [0, 0.05) is 26.7 Å². The second-order valence-electron chi connectivity index (χ2n) is 6.18. The first kappa shape index (κ1) is 21.1. The van der Waals surface area contributed by atoms with Crippen molar-refractivity contribution in [1.29, 1.82) is 0 Å². The number of sulfonamides is 1. The van der Waals surface area contributed by atoms with E-state index in [1.807, 2.05) is 0 Å². The van der Waals surface area contributed by atoms with Gasteiger partial charge in [0.1, 0.15) is 5.75 Å². The first-order valence-corrected chi connectivity index (χ1v) is 10.1. The zero-order valence-electron chi connectivity index (χ0n) is 15.4. The van der Waals surface area contributed by atoms with E-state index < -0.39 is 27.9 Å². The SMILES string of the molecule is COCCNC(=O)[C@H](C)Oc1ccc(S(=O)(=O)N2CCCC2)cc1C(N)=O. The van der Waals surface area contributed by atoms with Crippen LogP contribution in [0.15, 0.2) is 23.1 Å². The lowest BCUT2D eigenvalue weighted by molar-refractivity contribution is -0.127. The highest BCUT2D eigenvalue weighted by molar-refractivity contribution is 7.89. The number of nitrogens with one attached hydrogen (secondary N) is 1. The molecule has 2 rings (SSSR count). The van der Waals surface area contributed by atoms with Gasteiger partial charge >= 0.3 is 0 Å². The smallest absolute Gasteiger partial charge is 0.260 e. The summed E-state index contributed by atoms with van der Waals surface area (Å²) < 4.78 is 37.1. The fraction of sp³-hybridized carbons (Fsp3) is 0.529. The summed E-state index contributed by atoms with van der Waals surface area (Å²) in [4.78, 5) is 23.8. The molecule has 150 valence electrons. The number of benzene rings is 1. The van der Waals surface area contributed by atoms with Crippen LogP contribution in [0.2, 0.25) is 0 Å². The zero-order chi connectivity index (χ0) is 20.0. The average Bonchev–Trinajstić information content (AvgIpc) is 3.17. The molecule has 1 fully saturated rings. The molecule has 1 aliphatic rings. The molecule has 1 aliphatic heterocycles. The Kier molecular flexibility index (Phi) is 7.17. The van der Waals surface area contributed by atoms with Crippen molar-refractivity contribution in [3.05, 3.63) is 23.8 Å². The summed E-state index contributed by atoms with van der Waals surface area (Å²) in [7, 11) is -2.18. The van der Waals surface area contributed by atoms with Crippen molar-refractivity contribution in [1.82, 2.24) is 9.62 Å². The molecule has 2 amide bonds. The molecule has 27 heavy (non-hydrogen) atoms. The van der Waals surface area contributed by atoms with E-state index >= 15 is 0 Å². The van der Waals surface area contributed by atoms with Crippen molar-refractivity contribution in [2.75, 3.05) is 33.4 Å². The fourth-order valence-corrected chi connectivity index (χ4v) is 4.25. The maximum atomic E-state index is 12.7. The van der Waals surface area contributed by atoms with Crippen molar-refractivity contribution in [3.8, 4) is 5.75 Å². The van der Waals surface area contributed by atoms with Gasteiger partial charge in [-0.1, -0.05) is 0 Å². The van der Waals surface area contributed by atoms with Crippen molar-refractivity contribution in [2.45, 2.75) is 30.8 Å². The monoisotopic (exact) mass is 399 g/mol. The third-order valence-electron chi connectivity index (χ3n) is 4.20. The molecule has 10 heteroatoms. The number of hydrogen-bond donors (Lipinski definition) is 2. The third-order valence-corrected chi connectivity index (χ3v) is 6.09. The molecular weight excluding hydrogens is 374 g/mol. The minimum absolute atomic E-state index is 0.0252. The number of carbonyl (C=O) groups is 2. The molecule has 0 radical (unpaired) electrons. The normalized spacial score (nSPS) is 16.1. The van der Waals surface area contributed by atoms with Crippen LogP contribution < -0.4 is 15.8 Å². The summed E-state index contributed by atoms with van der Waals surface area (Å²) in [5.41, 5.74) is 5.29. The second-order valence-corrected chi connectivity index (χ2v) is 8.12. The molecule has 0 aliphatic carbocycles. The second kappa shape index (κ2) is 9.16. The van der Waals surface area contributed by atoms with E-state index in [4.69, 9.17) is 15.2 Å². The van der Waals surface area contributed by atoms with E-state index in [2.05, 4.69) is 5.32 Å². The summed E-state index contributed by atoms with van der Waals surface area (Å²) in [5.74, 6) is -1.18. The maximum Gasteiger partial charge on any atom is 0.260 e. The zero-order valence-corrected chi connectivity index (χ0v) is 16.3. The Labute approximate surface area is 158 Å². The molecule has 0 unspecified atom stereocenters. The summed E-state index contributed by atoms with van der Waals surface area (Å²) >= 11 is 0. The van der Waals surface area contributed by atoms with Crippen LogP contribution in [0, 0.1) is 0 Å². The Morgan fingerprint density at radius 2 is 1.96 bits per heavy atom. The van der Waals surface area contributed by atoms with Crippen LogP contribution >= 0.6 is 0 Å². The number of nitrogens with two attached hydrogens (primary N) is 1. The van der Waals surface area contributed by atoms with Gasteiger partial charge in [0.15, 0.2) is 6.10 Å². The Morgan fingerprint density at radius 1 is 1.30 bits per heavy atom. The van der Waals surface area contributed by atoms with Crippen LogP contribution in [0.3, 0.4) is 0 Å². The summed E-state index contributed by atoms with van der Waals surface area (Å²) in [6.45, 7) is 3.09. The number of methoxy groups -OCH3 is 1. The van der Waals surface area contributed by atoms with Gasteiger partial charge in [0.05, 0.1) is 17.1 Å². The summed E-state index contributed by atoms with van der Waals surface area (Å²) in [5, 5.41) is 2.62. The Bertz CT molecular complexity index is 790. The lowest BCUT2D eigenvalue weighted by Gasteiger charge is -2.19. The molecule has 3 N–H and O–H groups in total. The molecule has 1 saturated heterocycles. The number of hydrogen-bond acceptors (Lipinski definition) is 6. The maximum absolute atomic E-state index is 12.7. The van der Waals surface area contributed by atoms with Crippen LogP contribution in [0.1, 0.15) is 30.1 Å². The van der Waals surface area contributed by atoms with Gasteiger partial charge in [0.2, 0.25) is 10.0 Å². The lowest BCUT2D eigenvalue weighted by Crippen LogP contribution is -2.38. The fourth-order valence-electron chi connectivity index (χ4n) is 2.71. The van der Waals surface area contributed by atoms with E-state index in [0.29, 0.717) is 26.2 Å². The van der Waals surface area contributed by atoms with Crippen LogP contribution in [-0.4, -0.2) is 64.0 Å². The van der Waals surface area contributed by atoms with Crippen LogP contribution in [0.4, 0.5) is 0 Å². The van der Waals surface area contributed by atoms with Crippen LogP contribution in [0.25, 0.3) is 0 Å². The number of primary amides is 1. The standard InChI is InChI=1S/C17H25N3O6S/c1-12(17(22)19-7-10-25-2)26-15-6-5-13(11-14(15)16(18)21)27(23,24)20-8-3-4-9-20/h5-6,11-12H,3-4,7-10H2,1-2H3,(H2,18,21)(H,19,22)/t12-/m0/s1. The van der Waals surface area contributed by atoms with E-state index in [9.17, 15) is 18.0 Å². The van der Waals surface area contributed by atoms with Crippen molar-refractivity contribution < 1.29 is 27.5 Å². The average molecular weight is 399 g/mol. The first-order valence-electron chi connectivity index (χ1n) is 8.64. The van der Waals surface area contributed by atoms with Gasteiger partial charge in [-0.3, -0.25) is 9.59 Å². The largest absolute Gasteiger partial charge is 0.480 e. The highest BCUT2D eigenvalue weighted by Gasteiger charge is 2.29. The molecule has 1 atom stereocenters. The third kappa shape index (κ3) is 5.18. The highest BCUT2D eigenvalue weighted by atomic mass is 32.2. The molecule has 1 aromatic rings. The number of amides is 2. The topological polar surface area (TPSA) is 128 Å². The summed E-state index contributed by atoms with van der Waals surface area (Å²) in [6.07, 6.45) is 0.707. The molecule has 0 aromatic heterocycles. The highest BCUT2D eigenvalue weighted by Crippen LogP contribution is 2.27. The van der Waals surface area contributed by atoms with Crippen molar-refractivity contribution in [2.24, 2.45) is 5.73 Å². The molecule has 0 bridgehead atoms. The quantitative estimate of drug-likeness (QED) is 0.567. The van der Waals surface area contributed by atoms with Gasteiger partial charge in [-0.15, -0.1) is 0 Å².